The number of likely N-dealkylation sites (tertiary alicyclic amines) is 1. The topological polar surface area (TPSA) is 75.4 Å². The molecule has 0 saturated carbocycles. The maximum Gasteiger partial charge on any atom is 0.256 e. The quantitative estimate of drug-likeness (QED) is 0.824. The van der Waals surface area contributed by atoms with Crippen molar-refractivity contribution in [1.29, 1.82) is 0 Å². The molecule has 2 aromatic rings. The number of carbonyl (C=O) groups is 2. The van der Waals surface area contributed by atoms with Crippen LogP contribution in [0.3, 0.4) is 0 Å². The fraction of sp³-hybridized carbons (Fsp3) is 0.263. The van der Waals surface area contributed by atoms with Crippen LogP contribution in [0.1, 0.15) is 39.1 Å². The van der Waals surface area contributed by atoms with Crippen molar-refractivity contribution in [3.63, 3.8) is 0 Å². The highest BCUT2D eigenvalue weighted by atomic mass is 35.5. The van der Waals surface area contributed by atoms with Gasteiger partial charge in [-0.05, 0) is 49.6 Å². The van der Waals surface area contributed by atoms with Gasteiger partial charge in [0.05, 0.1) is 11.3 Å². The minimum atomic E-state index is -0.275. The molecule has 1 heterocycles. The van der Waals surface area contributed by atoms with E-state index in [0.29, 0.717) is 22.5 Å². The van der Waals surface area contributed by atoms with Crippen LogP contribution in [0, 0.1) is 6.92 Å². The fourth-order valence-electron chi connectivity index (χ4n) is 3.01. The zero-order valence-corrected chi connectivity index (χ0v) is 14.9. The van der Waals surface area contributed by atoms with Crippen molar-refractivity contribution < 1.29 is 9.59 Å². The normalized spacial score (nSPS) is 13.2. The molecule has 0 bridgehead atoms. The van der Waals surface area contributed by atoms with Gasteiger partial charge in [0.2, 0.25) is 0 Å². The molecule has 2 aromatic carbocycles. The Kier molecular flexibility index (Phi) is 6.04. The molecular weight excluding hydrogens is 338 g/mol. The molecule has 5 nitrogen and oxygen atoms in total. The number of amides is 2. The monoisotopic (exact) mass is 359 g/mol. The van der Waals surface area contributed by atoms with E-state index in [9.17, 15) is 9.59 Å². The molecule has 0 atom stereocenters. The van der Waals surface area contributed by atoms with Gasteiger partial charge in [-0.25, -0.2) is 0 Å². The number of hydrogen-bond donors (Lipinski definition) is 2. The summed E-state index contributed by atoms with van der Waals surface area (Å²) in [5, 5.41) is 2.86. The lowest BCUT2D eigenvalue weighted by atomic mass is 10.0. The van der Waals surface area contributed by atoms with Crippen molar-refractivity contribution in [1.82, 2.24) is 4.90 Å². The molecule has 1 aliphatic rings. The Morgan fingerprint density at radius 3 is 2.44 bits per heavy atom. The molecule has 1 fully saturated rings. The smallest absolute Gasteiger partial charge is 0.256 e. The summed E-state index contributed by atoms with van der Waals surface area (Å²) in [6, 6.07) is 12.3. The van der Waals surface area contributed by atoms with Crippen LogP contribution < -0.4 is 11.1 Å². The molecule has 6 heteroatoms. The minimum absolute atomic E-state index is 0. The number of benzene rings is 2. The number of nitrogen functional groups attached to an aromatic ring is 1. The van der Waals surface area contributed by atoms with Crippen LogP contribution >= 0.6 is 12.4 Å². The van der Waals surface area contributed by atoms with Crippen molar-refractivity contribution in [2.24, 2.45) is 0 Å². The molecule has 1 aliphatic heterocycles. The Hall–Kier alpha value is -2.53. The number of nitrogens with two attached hydrogens (primary N) is 1. The lowest BCUT2D eigenvalue weighted by molar-refractivity contribution is 0.0793. The van der Waals surface area contributed by atoms with E-state index in [4.69, 9.17) is 5.73 Å². The third-order valence-electron chi connectivity index (χ3n) is 4.28. The minimum Gasteiger partial charge on any atom is -0.399 e. The second kappa shape index (κ2) is 8.03. The second-order valence-corrected chi connectivity index (χ2v) is 6.08. The van der Waals surface area contributed by atoms with Gasteiger partial charge < -0.3 is 16.0 Å². The highest BCUT2D eigenvalue weighted by molar-refractivity contribution is 6.09. The first-order chi connectivity index (χ1) is 11.6. The largest absolute Gasteiger partial charge is 0.399 e. The zero-order chi connectivity index (χ0) is 17.1. The van der Waals surface area contributed by atoms with Gasteiger partial charge in [-0.15, -0.1) is 12.4 Å². The van der Waals surface area contributed by atoms with Crippen molar-refractivity contribution in [3.8, 4) is 0 Å². The van der Waals surface area contributed by atoms with Crippen molar-refractivity contribution in [3.05, 3.63) is 59.2 Å². The van der Waals surface area contributed by atoms with E-state index in [1.807, 2.05) is 24.0 Å². The number of nitrogens with zero attached hydrogens (tertiary/aromatic N) is 1. The van der Waals surface area contributed by atoms with Crippen LogP contribution in [0.2, 0.25) is 0 Å². The standard InChI is InChI=1S/C19H21N3O2.ClH/c1-13-6-4-9-16(17(13)19(24)22-10-2-3-11-22)21-18(23)14-7-5-8-15(20)12-14;/h4-9,12H,2-3,10-11,20H2,1H3,(H,21,23);1H. The summed E-state index contributed by atoms with van der Waals surface area (Å²) in [6.07, 6.45) is 2.06. The van der Waals surface area contributed by atoms with Crippen LogP contribution in [0.5, 0.6) is 0 Å². The van der Waals surface area contributed by atoms with Gasteiger partial charge in [-0.1, -0.05) is 18.2 Å². The molecule has 3 N–H and O–H groups in total. The summed E-state index contributed by atoms with van der Waals surface area (Å²) in [4.78, 5) is 27.1. The number of hydrogen-bond acceptors (Lipinski definition) is 3. The molecule has 0 unspecified atom stereocenters. The Balaban J connectivity index is 0.00000225. The average molecular weight is 360 g/mol. The maximum absolute atomic E-state index is 12.8. The number of carbonyl (C=O) groups excluding carboxylic acids is 2. The number of rotatable bonds is 3. The lowest BCUT2D eigenvalue weighted by Crippen LogP contribution is -2.29. The Morgan fingerprint density at radius 2 is 1.76 bits per heavy atom. The molecule has 0 spiro atoms. The van der Waals surface area contributed by atoms with Crippen LogP contribution in [-0.4, -0.2) is 29.8 Å². The van der Waals surface area contributed by atoms with E-state index < -0.39 is 0 Å². The molecule has 0 aliphatic carbocycles. The van der Waals surface area contributed by atoms with Crippen LogP contribution in [0.25, 0.3) is 0 Å². The van der Waals surface area contributed by atoms with Crippen molar-refractivity contribution >= 4 is 35.6 Å². The number of halogens is 1. The number of aryl methyl sites for hydroxylation is 1. The van der Waals surface area contributed by atoms with Gasteiger partial charge in [-0.2, -0.15) is 0 Å². The first-order valence-electron chi connectivity index (χ1n) is 8.12. The Morgan fingerprint density at radius 1 is 1.08 bits per heavy atom. The highest BCUT2D eigenvalue weighted by Crippen LogP contribution is 2.24. The fourth-order valence-corrected chi connectivity index (χ4v) is 3.01. The van der Waals surface area contributed by atoms with E-state index >= 15 is 0 Å². The van der Waals surface area contributed by atoms with Gasteiger partial charge in [0.15, 0.2) is 0 Å². The molecule has 3 rings (SSSR count). The van der Waals surface area contributed by atoms with E-state index in [-0.39, 0.29) is 24.2 Å². The SMILES string of the molecule is Cc1cccc(NC(=O)c2cccc(N)c2)c1C(=O)N1CCCC1.Cl. The van der Waals surface area contributed by atoms with Crippen molar-refractivity contribution in [2.45, 2.75) is 19.8 Å². The third kappa shape index (κ3) is 4.12. The Bertz CT molecular complexity index is 786. The van der Waals surface area contributed by atoms with Crippen LogP contribution in [0.15, 0.2) is 42.5 Å². The molecule has 25 heavy (non-hydrogen) atoms. The summed E-state index contributed by atoms with van der Waals surface area (Å²) in [7, 11) is 0. The molecule has 2 amide bonds. The van der Waals surface area contributed by atoms with Gasteiger partial charge in [0.25, 0.3) is 11.8 Å². The number of nitrogens with one attached hydrogen (secondary N) is 1. The van der Waals surface area contributed by atoms with Crippen LogP contribution in [-0.2, 0) is 0 Å². The summed E-state index contributed by atoms with van der Waals surface area (Å²) in [5.41, 5.74) is 8.70. The summed E-state index contributed by atoms with van der Waals surface area (Å²) in [6.45, 7) is 3.44. The molecular formula is C19H22ClN3O2. The summed E-state index contributed by atoms with van der Waals surface area (Å²) >= 11 is 0. The molecule has 132 valence electrons. The van der Waals surface area contributed by atoms with Crippen molar-refractivity contribution in [2.75, 3.05) is 24.1 Å². The van der Waals surface area contributed by atoms with Gasteiger partial charge >= 0.3 is 0 Å². The molecule has 0 aromatic heterocycles. The van der Waals surface area contributed by atoms with E-state index in [0.717, 1.165) is 31.5 Å². The lowest BCUT2D eigenvalue weighted by Gasteiger charge is -2.19. The maximum atomic E-state index is 12.8. The molecule has 0 radical (unpaired) electrons. The van der Waals surface area contributed by atoms with E-state index in [1.165, 1.54) is 0 Å². The van der Waals surface area contributed by atoms with Gasteiger partial charge in [0.1, 0.15) is 0 Å². The molecule has 1 saturated heterocycles. The average Bonchev–Trinajstić information content (AvgIpc) is 3.09. The van der Waals surface area contributed by atoms with E-state index in [1.54, 1.807) is 30.3 Å². The summed E-state index contributed by atoms with van der Waals surface area (Å²) in [5.74, 6) is -0.295. The predicted molar refractivity (Wildman–Crippen MR) is 102 cm³/mol. The second-order valence-electron chi connectivity index (χ2n) is 6.08. The third-order valence-corrected chi connectivity index (χ3v) is 4.28. The van der Waals surface area contributed by atoms with Crippen LogP contribution in [0.4, 0.5) is 11.4 Å². The highest BCUT2D eigenvalue weighted by Gasteiger charge is 2.24. The van der Waals surface area contributed by atoms with Gasteiger partial charge in [-0.3, -0.25) is 9.59 Å². The summed E-state index contributed by atoms with van der Waals surface area (Å²) < 4.78 is 0. The van der Waals surface area contributed by atoms with E-state index in [2.05, 4.69) is 5.32 Å². The first-order valence-corrected chi connectivity index (χ1v) is 8.12. The Labute approximate surface area is 153 Å². The predicted octanol–water partition coefficient (Wildman–Crippen LogP) is 3.49. The zero-order valence-electron chi connectivity index (χ0n) is 14.1. The first kappa shape index (κ1) is 18.8. The number of anilines is 2. The van der Waals surface area contributed by atoms with Gasteiger partial charge in [0, 0.05) is 24.3 Å².